The summed E-state index contributed by atoms with van der Waals surface area (Å²) in [7, 11) is 0. The Morgan fingerprint density at radius 2 is 1.96 bits per heavy atom. The Morgan fingerprint density at radius 1 is 1.11 bits per heavy atom. The van der Waals surface area contributed by atoms with Crippen molar-refractivity contribution in [2.45, 2.75) is 40.7 Å². The lowest BCUT2D eigenvalue weighted by molar-refractivity contribution is 0.867. The van der Waals surface area contributed by atoms with E-state index in [9.17, 15) is 0 Å². The van der Waals surface area contributed by atoms with Gasteiger partial charge in [0.15, 0.2) is 5.65 Å². The number of fused-ring (bicyclic) bond motifs is 1. The summed E-state index contributed by atoms with van der Waals surface area (Å²) in [6.07, 6.45) is 6.88. The highest BCUT2D eigenvalue weighted by Crippen LogP contribution is 2.25. The van der Waals surface area contributed by atoms with Crippen LogP contribution in [0.1, 0.15) is 35.0 Å². The molecule has 0 saturated heterocycles. The lowest BCUT2D eigenvalue weighted by atomic mass is 10.00. The first-order chi connectivity index (χ1) is 13.1. The van der Waals surface area contributed by atoms with E-state index in [-0.39, 0.29) is 0 Å². The number of nitrogens with one attached hydrogen (secondary N) is 1. The van der Waals surface area contributed by atoms with Gasteiger partial charge in [0.1, 0.15) is 0 Å². The smallest absolute Gasteiger partial charge is 0.160 e. The number of aromatic nitrogens is 4. The second-order valence-electron chi connectivity index (χ2n) is 6.96. The molecule has 5 heteroatoms. The molecular formula is C22H25N5. The van der Waals surface area contributed by atoms with Crippen LogP contribution in [0.25, 0.3) is 11.3 Å². The van der Waals surface area contributed by atoms with Crippen molar-refractivity contribution in [1.82, 2.24) is 19.2 Å². The molecule has 4 aromatic rings. The van der Waals surface area contributed by atoms with Gasteiger partial charge in [-0.1, -0.05) is 25.1 Å². The van der Waals surface area contributed by atoms with Crippen LogP contribution in [0.5, 0.6) is 0 Å². The Labute approximate surface area is 159 Å². The summed E-state index contributed by atoms with van der Waals surface area (Å²) in [4.78, 5) is 4.78. The summed E-state index contributed by atoms with van der Waals surface area (Å²) in [5.41, 5.74) is 9.23. The van der Waals surface area contributed by atoms with Gasteiger partial charge in [-0.2, -0.15) is 5.10 Å². The molecule has 0 aliphatic heterocycles. The molecule has 0 spiro atoms. The van der Waals surface area contributed by atoms with Crippen LogP contribution in [0, 0.1) is 20.8 Å². The molecule has 27 heavy (non-hydrogen) atoms. The molecular weight excluding hydrogens is 334 g/mol. The molecule has 3 aromatic heterocycles. The number of pyridine rings is 1. The number of imidazole rings is 1. The van der Waals surface area contributed by atoms with Gasteiger partial charge in [0.05, 0.1) is 17.1 Å². The Kier molecular flexibility index (Phi) is 4.44. The van der Waals surface area contributed by atoms with Crippen molar-refractivity contribution in [2.75, 3.05) is 5.32 Å². The summed E-state index contributed by atoms with van der Waals surface area (Å²) >= 11 is 0. The molecule has 1 aromatic carbocycles. The third-order valence-corrected chi connectivity index (χ3v) is 5.29. The van der Waals surface area contributed by atoms with Gasteiger partial charge >= 0.3 is 0 Å². The van der Waals surface area contributed by atoms with E-state index in [4.69, 9.17) is 4.98 Å². The highest BCUT2D eigenvalue weighted by molar-refractivity contribution is 5.71. The van der Waals surface area contributed by atoms with E-state index in [1.807, 2.05) is 16.9 Å². The minimum Gasteiger partial charge on any atom is -0.378 e. The fourth-order valence-corrected chi connectivity index (χ4v) is 3.56. The Morgan fingerprint density at radius 3 is 2.70 bits per heavy atom. The Bertz CT molecular complexity index is 1090. The molecule has 0 amide bonds. The molecule has 0 aliphatic carbocycles. The number of nitrogens with zero attached hydrogens (tertiary/aromatic N) is 4. The van der Waals surface area contributed by atoms with Gasteiger partial charge in [-0.3, -0.25) is 0 Å². The van der Waals surface area contributed by atoms with Crippen molar-refractivity contribution in [2.24, 2.45) is 0 Å². The highest BCUT2D eigenvalue weighted by Gasteiger charge is 2.13. The van der Waals surface area contributed by atoms with Gasteiger partial charge < -0.3 is 9.72 Å². The molecule has 0 radical (unpaired) electrons. The van der Waals surface area contributed by atoms with Crippen molar-refractivity contribution in [3.63, 3.8) is 0 Å². The van der Waals surface area contributed by atoms with E-state index in [1.54, 1.807) is 6.20 Å². The fourth-order valence-electron chi connectivity index (χ4n) is 3.56. The van der Waals surface area contributed by atoms with Crippen LogP contribution in [0.15, 0.2) is 48.9 Å². The molecule has 0 atom stereocenters. The zero-order chi connectivity index (χ0) is 19.0. The molecule has 4 rings (SSSR count). The van der Waals surface area contributed by atoms with Gasteiger partial charge in [-0.05, 0) is 56.0 Å². The zero-order valence-electron chi connectivity index (χ0n) is 16.3. The first-order valence-electron chi connectivity index (χ1n) is 9.39. The Balaban J connectivity index is 1.78. The van der Waals surface area contributed by atoms with E-state index in [0.29, 0.717) is 0 Å². The molecule has 138 valence electrons. The van der Waals surface area contributed by atoms with Crippen LogP contribution >= 0.6 is 0 Å². The van der Waals surface area contributed by atoms with Crippen LogP contribution in [-0.2, 0) is 13.0 Å². The number of anilines is 1. The first kappa shape index (κ1) is 17.3. The summed E-state index contributed by atoms with van der Waals surface area (Å²) in [6, 6.07) is 10.6. The zero-order valence-corrected chi connectivity index (χ0v) is 16.3. The molecule has 5 nitrogen and oxygen atoms in total. The monoisotopic (exact) mass is 359 g/mol. The van der Waals surface area contributed by atoms with Crippen molar-refractivity contribution in [1.29, 1.82) is 0 Å². The second kappa shape index (κ2) is 6.91. The van der Waals surface area contributed by atoms with E-state index in [2.05, 4.69) is 73.0 Å². The summed E-state index contributed by atoms with van der Waals surface area (Å²) in [5.74, 6) is 0. The van der Waals surface area contributed by atoms with Crippen molar-refractivity contribution < 1.29 is 0 Å². The van der Waals surface area contributed by atoms with Crippen LogP contribution in [-0.4, -0.2) is 19.2 Å². The lowest BCUT2D eigenvalue weighted by Gasteiger charge is -2.15. The fraction of sp³-hybridized carbons (Fsp3) is 0.273. The van der Waals surface area contributed by atoms with Crippen LogP contribution in [0.3, 0.4) is 0 Å². The number of hydrogen-bond donors (Lipinski definition) is 1. The minimum absolute atomic E-state index is 0.777. The lowest BCUT2D eigenvalue weighted by Crippen LogP contribution is -2.08. The van der Waals surface area contributed by atoms with Crippen molar-refractivity contribution >= 4 is 11.3 Å². The van der Waals surface area contributed by atoms with Gasteiger partial charge in [0, 0.05) is 30.8 Å². The van der Waals surface area contributed by atoms with E-state index >= 15 is 0 Å². The molecule has 0 fully saturated rings. The van der Waals surface area contributed by atoms with Crippen LogP contribution in [0.2, 0.25) is 0 Å². The third kappa shape index (κ3) is 3.10. The van der Waals surface area contributed by atoms with Gasteiger partial charge in [-0.25, -0.2) is 9.67 Å². The van der Waals surface area contributed by atoms with E-state index in [0.717, 1.165) is 41.4 Å². The van der Waals surface area contributed by atoms with Gasteiger partial charge in [0.2, 0.25) is 0 Å². The summed E-state index contributed by atoms with van der Waals surface area (Å²) in [6.45, 7) is 9.31. The normalized spacial score (nSPS) is 11.3. The van der Waals surface area contributed by atoms with Crippen LogP contribution < -0.4 is 5.32 Å². The number of hydrogen-bond acceptors (Lipinski definition) is 3. The third-order valence-electron chi connectivity index (χ3n) is 5.29. The first-order valence-corrected chi connectivity index (χ1v) is 9.39. The maximum Gasteiger partial charge on any atom is 0.160 e. The summed E-state index contributed by atoms with van der Waals surface area (Å²) in [5, 5.41) is 8.02. The average Bonchev–Trinajstić information content (AvgIpc) is 3.30. The Hall–Kier alpha value is -3.08. The minimum atomic E-state index is 0.777. The standard InChI is InChI=1S/C22H25N5/c1-5-18-9-6-8-15(2)20(18)13-23-21-12-19(27-11-7-10-24-27)14-26-17(4)16(3)25-22(21)26/h6-12,14,23H,5,13H2,1-4H3. The maximum atomic E-state index is 4.78. The molecule has 0 saturated carbocycles. The van der Waals surface area contributed by atoms with Crippen molar-refractivity contribution in [3.8, 4) is 5.69 Å². The van der Waals surface area contributed by atoms with Gasteiger partial charge in [-0.15, -0.1) is 0 Å². The quantitative estimate of drug-likeness (QED) is 0.565. The van der Waals surface area contributed by atoms with Crippen LogP contribution in [0.4, 0.5) is 5.69 Å². The van der Waals surface area contributed by atoms with E-state index < -0.39 is 0 Å². The average molecular weight is 359 g/mol. The van der Waals surface area contributed by atoms with E-state index in [1.165, 1.54) is 16.7 Å². The largest absolute Gasteiger partial charge is 0.378 e. The molecule has 3 heterocycles. The summed E-state index contributed by atoms with van der Waals surface area (Å²) < 4.78 is 4.03. The highest BCUT2D eigenvalue weighted by atomic mass is 15.3. The predicted octanol–water partition coefficient (Wildman–Crippen LogP) is 4.62. The second-order valence-corrected chi connectivity index (χ2v) is 6.96. The molecule has 1 N–H and O–H groups in total. The van der Waals surface area contributed by atoms with Gasteiger partial charge in [0.25, 0.3) is 0 Å². The number of rotatable bonds is 5. The number of benzene rings is 1. The maximum absolute atomic E-state index is 4.78. The molecule has 0 aliphatic rings. The molecule has 0 bridgehead atoms. The predicted molar refractivity (Wildman–Crippen MR) is 110 cm³/mol. The molecule has 0 unspecified atom stereocenters. The number of aryl methyl sites for hydroxylation is 4. The SMILES string of the molecule is CCc1cccc(C)c1CNc1cc(-n2cccn2)cn2c(C)c(C)nc12. The topological polar surface area (TPSA) is 47.2 Å². The van der Waals surface area contributed by atoms with Crippen molar-refractivity contribution in [3.05, 3.63) is 77.0 Å².